The number of hydrogen-bond donors (Lipinski definition) is 1. The summed E-state index contributed by atoms with van der Waals surface area (Å²) < 4.78 is 31.2. The Morgan fingerprint density at radius 1 is 1.47 bits per heavy atom. The number of halogens is 2. The van der Waals surface area contributed by atoms with E-state index in [2.05, 4.69) is 0 Å². The van der Waals surface area contributed by atoms with Crippen LogP contribution in [0, 0.1) is 5.92 Å². The zero-order chi connectivity index (χ0) is 11.5. The van der Waals surface area contributed by atoms with Crippen molar-refractivity contribution in [3.8, 4) is 0 Å². The third-order valence-corrected chi connectivity index (χ3v) is 2.81. The van der Waals surface area contributed by atoms with E-state index in [4.69, 9.17) is 10.5 Å². The molecule has 0 saturated heterocycles. The molecule has 5 heteroatoms. The monoisotopic (exact) mass is 221 g/mol. The van der Waals surface area contributed by atoms with Gasteiger partial charge in [0.1, 0.15) is 0 Å². The second kappa shape index (κ2) is 4.88. The summed E-state index contributed by atoms with van der Waals surface area (Å²) in [5, 5.41) is 0. The highest BCUT2D eigenvalue weighted by atomic mass is 19.3. The van der Waals surface area contributed by atoms with Gasteiger partial charge < -0.3 is 10.5 Å². The van der Waals surface area contributed by atoms with Gasteiger partial charge in [0, 0.05) is 6.42 Å². The van der Waals surface area contributed by atoms with Gasteiger partial charge in [-0.3, -0.25) is 4.79 Å². The lowest BCUT2D eigenvalue weighted by atomic mass is 10.0. The number of hydrogen-bond acceptors (Lipinski definition) is 3. The van der Waals surface area contributed by atoms with Crippen molar-refractivity contribution < 1.29 is 18.3 Å². The summed E-state index contributed by atoms with van der Waals surface area (Å²) in [4.78, 5) is 11.4. The average molecular weight is 221 g/mol. The van der Waals surface area contributed by atoms with Crippen LogP contribution in [-0.2, 0) is 9.53 Å². The maximum atomic E-state index is 13.2. The van der Waals surface area contributed by atoms with E-state index in [1.165, 1.54) is 0 Å². The number of esters is 1. The van der Waals surface area contributed by atoms with E-state index in [0.29, 0.717) is 6.42 Å². The number of carbonyl (C=O) groups is 1. The van der Waals surface area contributed by atoms with E-state index in [0.717, 1.165) is 0 Å². The fourth-order valence-electron chi connectivity index (χ4n) is 1.78. The molecule has 1 aliphatic rings. The smallest absolute Gasteiger partial charge is 0.308 e. The van der Waals surface area contributed by atoms with Crippen molar-refractivity contribution in [2.45, 2.75) is 44.6 Å². The van der Waals surface area contributed by atoms with Gasteiger partial charge >= 0.3 is 5.97 Å². The van der Waals surface area contributed by atoms with Crippen molar-refractivity contribution in [1.29, 1.82) is 0 Å². The SMILES string of the molecule is CCOC(=O)[C@@H]1CC[C@@H](N)C(F)(F)CC1. The third kappa shape index (κ3) is 3.12. The molecule has 2 atom stereocenters. The van der Waals surface area contributed by atoms with Crippen LogP contribution in [0.15, 0.2) is 0 Å². The van der Waals surface area contributed by atoms with E-state index in [1.54, 1.807) is 6.92 Å². The van der Waals surface area contributed by atoms with Crippen molar-refractivity contribution in [3.63, 3.8) is 0 Å². The molecule has 0 amide bonds. The van der Waals surface area contributed by atoms with Crippen LogP contribution < -0.4 is 5.73 Å². The van der Waals surface area contributed by atoms with E-state index in [-0.39, 0.29) is 31.8 Å². The summed E-state index contributed by atoms with van der Waals surface area (Å²) >= 11 is 0. The molecule has 3 nitrogen and oxygen atoms in total. The van der Waals surface area contributed by atoms with E-state index in [1.807, 2.05) is 0 Å². The maximum Gasteiger partial charge on any atom is 0.308 e. The first-order chi connectivity index (χ1) is 6.97. The second-order valence-corrected chi connectivity index (χ2v) is 3.93. The molecule has 0 heterocycles. The van der Waals surface area contributed by atoms with Crippen molar-refractivity contribution in [1.82, 2.24) is 0 Å². The Bertz CT molecular complexity index is 233. The van der Waals surface area contributed by atoms with Gasteiger partial charge in [-0.25, -0.2) is 8.78 Å². The number of rotatable bonds is 2. The molecular weight excluding hydrogens is 204 g/mol. The molecule has 1 fully saturated rings. The topological polar surface area (TPSA) is 52.3 Å². The van der Waals surface area contributed by atoms with Crippen LogP contribution in [-0.4, -0.2) is 24.5 Å². The molecule has 0 radical (unpaired) electrons. The van der Waals surface area contributed by atoms with Crippen LogP contribution in [0.25, 0.3) is 0 Å². The fraction of sp³-hybridized carbons (Fsp3) is 0.900. The Labute approximate surface area is 88.0 Å². The molecule has 15 heavy (non-hydrogen) atoms. The summed E-state index contributed by atoms with van der Waals surface area (Å²) in [6.07, 6.45) is 0.420. The molecular formula is C10H17F2NO2. The van der Waals surface area contributed by atoms with Gasteiger partial charge in [-0.15, -0.1) is 0 Å². The molecule has 1 saturated carbocycles. The third-order valence-electron chi connectivity index (χ3n) is 2.81. The van der Waals surface area contributed by atoms with Crippen molar-refractivity contribution in [2.75, 3.05) is 6.61 Å². The van der Waals surface area contributed by atoms with Gasteiger partial charge in [0.25, 0.3) is 5.92 Å². The van der Waals surface area contributed by atoms with Crippen molar-refractivity contribution >= 4 is 5.97 Å². The maximum absolute atomic E-state index is 13.2. The Hall–Kier alpha value is -0.710. The molecule has 0 aromatic carbocycles. The zero-order valence-corrected chi connectivity index (χ0v) is 8.84. The highest BCUT2D eigenvalue weighted by molar-refractivity contribution is 5.72. The van der Waals surface area contributed by atoms with Gasteiger partial charge in [0.2, 0.25) is 0 Å². The van der Waals surface area contributed by atoms with Gasteiger partial charge in [-0.1, -0.05) is 0 Å². The van der Waals surface area contributed by atoms with Crippen molar-refractivity contribution in [3.05, 3.63) is 0 Å². The fourth-order valence-corrected chi connectivity index (χ4v) is 1.78. The van der Waals surface area contributed by atoms with Crippen LogP contribution in [0.2, 0.25) is 0 Å². The molecule has 0 bridgehead atoms. The highest BCUT2D eigenvalue weighted by Crippen LogP contribution is 2.34. The summed E-state index contributed by atoms with van der Waals surface area (Å²) in [5.74, 6) is -3.63. The molecule has 1 aliphatic carbocycles. The standard InChI is InChI=1S/C10H17F2NO2/c1-2-15-9(14)7-3-4-8(13)10(11,12)6-5-7/h7-8H,2-6,13H2,1H3/t7-,8-/m1/s1. The molecule has 0 aromatic rings. The van der Waals surface area contributed by atoms with Crippen LogP contribution in [0.4, 0.5) is 8.78 Å². The Kier molecular flexibility index (Phi) is 4.02. The normalized spacial score (nSPS) is 30.7. The zero-order valence-electron chi connectivity index (χ0n) is 8.84. The van der Waals surface area contributed by atoms with Gasteiger partial charge in [-0.05, 0) is 26.2 Å². The summed E-state index contributed by atoms with van der Waals surface area (Å²) in [6, 6.07) is -1.13. The predicted molar refractivity (Wildman–Crippen MR) is 51.5 cm³/mol. The predicted octanol–water partition coefficient (Wildman–Crippen LogP) is 1.70. The quantitative estimate of drug-likeness (QED) is 0.570. The largest absolute Gasteiger partial charge is 0.466 e. The second-order valence-electron chi connectivity index (χ2n) is 3.93. The Balaban J connectivity index is 2.56. The van der Waals surface area contributed by atoms with Crippen LogP contribution >= 0.6 is 0 Å². The number of nitrogens with two attached hydrogens (primary N) is 1. The summed E-state index contributed by atoms with van der Waals surface area (Å²) in [6.45, 7) is 1.99. The number of carbonyl (C=O) groups excluding carboxylic acids is 1. The van der Waals surface area contributed by atoms with E-state index in [9.17, 15) is 13.6 Å². The van der Waals surface area contributed by atoms with E-state index < -0.39 is 17.9 Å². The van der Waals surface area contributed by atoms with Crippen molar-refractivity contribution in [2.24, 2.45) is 11.7 Å². The van der Waals surface area contributed by atoms with Crippen LogP contribution in [0.5, 0.6) is 0 Å². The van der Waals surface area contributed by atoms with Crippen LogP contribution in [0.1, 0.15) is 32.6 Å². The minimum atomic E-state index is -2.85. The lowest BCUT2D eigenvalue weighted by Gasteiger charge is -2.19. The minimum Gasteiger partial charge on any atom is -0.466 e. The summed E-state index contributed by atoms with van der Waals surface area (Å²) in [5.41, 5.74) is 5.35. The summed E-state index contributed by atoms with van der Waals surface area (Å²) in [7, 11) is 0. The number of ether oxygens (including phenoxy) is 1. The average Bonchev–Trinajstić information content (AvgIpc) is 2.28. The molecule has 0 aromatic heterocycles. The van der Waals surface area contributed by atoms with Gasteiger partial charge in [-0.2, -0.15) is 0 Å². The molecule has 88 valence electrons. The number of alkyl halides is 2. The first-order valence-corrected chi connectivity index (χ1v) is 5.27. The van der Waals surface area contributed by atoms with E-state index >= 15 is 0 Å². The molecule has 2 N–H and O–H groups in total. The molecule has 0 spiro atoms. The van der Waals surface area contributed by atoms with Crippen LogP contribution in [0.3, 0.4) is 0 Å². The lowest BCUT2D eigenvalue weighted by molar-refractivity contribution is -0.148. The Morgan fingerprint density at radius 2 is 2.13 bits per heavy atom. The first kappa shape index (κ1) is 12.4. The Morgan fingerprint density at radius 3 is 2.73 bits per heavy atom. The van der Waals surface area contributed by atoms with Gasteiger partial charge in [0.05, 0.1) is 18.6 Å². The first-order valence-electron chi connectivity index (χ1n) is 5.27. The molecule has 1 rings (SSSR count). The molecule has 0 aliphatic heterocycles. The van der Waals surface area contributed by atoms with Gasteiger partial charge in [0.15, 0.2) is 0 Å². The molecule has 0 unspecified atom stereocenters. The highest BCUT2D eigenvalue weighted by Gasteiger charge is 2.41. The lowest BCUT2D eigenvalue weighted by Crippen LogP contribution is -2.39. The minimum absolute atomic E-state index is 0.166.